The van der Waals surface area contributed by atoms with Crippen LogP contribution in [-0.2, 0) is 16.1 Å². The molecule has 0 unspecified atom stereocenters. The van der Waals surface area contributed by atoms with E-state index in [4.69, 9.17) is 9.47 Å². The lowest BCUT2D eigenvalue weighted by molar-refractivity contribution is -0.108. The molecule has 14 heavy (non-hydrogen) atoms. The van der Waals surface area contributed by atoms with Crippen LogP contribution < -0.4 is 4.74 Å². The van der Waals surface area contributed by atoms with Crippen molar-refractivity contribution in [1.29, 1.82) is 0 Å². The fraction of sp³-hybridized carbons (Fsp3) is 0.364. The third kappa shape index (κ3) is 3.58. The maximum Gasteiger partial charge on any atom is 0.123 e. The van der Waals surface area contributed by atoms with Crippen molar-refractivity contribution in [2.24, 2.45) is 0 Å². The molecule has 0 bridgehead atoms. The molecule has 3 heteroatoms. The van der Waals surface area contributed by atoms with E-state index in [0.29, 0.717) is 19.6 Å². The molecule has 0 amide bonds. The summed E-state index contributed by atoms with van der Waals surface area (Å²) in [5.74, 6) is 0.779. The largest absolute Gasteiger partial charge is 0.493 e. The molecule has 0 fully saturated rings. The Kier molecular flexibility index (Phi) is 4.72. The summed E-state index contributed by atoms with van der Waals surface area (Å²) in [6.07, 6.45) is 1.27. The number of hydrogen-bond donors (Lipinski definition) is 0. The second kappa shape index (κ2) is 6.16. The minimum absolute atomic E-state index is 0.425. The zero-order valence-corrected chi connectivity index (χ0v) is 8.23. The van der Waals surface area contributed by atoms with Crippen LogP contribution in [0.15, 0.2) is 24.3 Å². The van der Waals surface area contributed by atoms with Crippen LogP contribution in [-0.4, -0.2) is 20.0 Å². The first kappa shape index (κ1) is 10.7. The Bertz CT molecular complexity index is 284. The van der Waals surface area contributed by atoms with Gasteiger partial charge in [-0.05, 0) is 17.7 Å². The number of carbonyl (C=O) groups excluding carboxylic acids is 1. The zero-order valence-electron chi connectivity index (χ0n) is 8.23. The number of methoxy groups -OCH3 is 1. The molecule has 0 saturated carbocycles. The van der Waals surface area contributed by atoms with Crippen molar-refractivity contribution < 1.29 is 14.3 Å². The first-order valence-corrected chi connectivity index (χ1v) is 4.51. The Morgan fingerprint density at radius 1 is 1.43 bits per heavy atom. The van der Waals surface area contributed by atoms with Crippen LogP contribution in [0.5, 0.6) is 5.75 Å². The first-order valence-electron chi connectivity index (χ1n) is 4.51. The van der Waals surface area contributed by atoms with Gasteiger partial charge in [-0.3, -0.25) is 0 Å². The Balaban J connectivity index is 2.50. The molecule has 1 rings (SSSR count). The SMILES string of the molecule is COCc1cccc(OCCC=O)c1. The highest BCUT2D eigenvalue weighted by atomic mass is 16.5. The number of aldehydes is 1. The quantitative estimate of drug-likeness (QED) is 0.511. The molecule has 0 spiro atoms. The highest BCUT2D eigenvalue weighted by molar-refractivity contribution is 5.49. The number of benzene rings is 1. The van der Waals surface area contributed by atoms with E-state index in [9.17, 15) is 4.79 Å². The highest BCUT2D eigenvalue weighted by Crippen LogP contribution is 2.13. The van der Waals surface area contributed by atoms with Crippen LogP contribution in [0.4, 0.5) is 0 Å². The molecule has 0 aliphatic heterocycles. The topological polar surface area (TPSA) is 35.5 Å². The van der Waals surface area contributed by atoms with Gasteiger partial charge in [0.1, 0.15) is 12.0 Å². The van der Waals surface area contributed by atoms with Gasteiger partial charge >= 0.3 is 0 Å². The number of carbonyl (C=O) groups is 1. The van der Waals surface area contributed by atoms with Gasteiger partial charge in [-0.1, -0.05) is 12.1 Å². The summed E-state index contributed by atoms with van der Waals surface area (Å²) in [6.45, 7) is 1.00. The van der Waals surface area contributed by atoms with Gasteiger partial charge in [0.2, 0.25) is 0 Å². The molecule has 0 heterocycles. The summed E-state index contributed by atoms with van der Waals surface area (Å²) in [6, 6.07) is 7.65. The Labute approximate surface area is 83.6 Å². The van der Waals surface area contributed by atoms with E-state index in [1.54, 1.807) is 7.11 Å². The number of rotatable bonds is 6. The van der Waals surface area contributed by atoms with Crippen LogP contribution in [0, 0.1) is 0 Å². The minimum atomic E-state index is 0.425. The predicted molar refractivity (Wildman–Crippen MR) is 53.3 cm³/mol. The summed E-state index contributed by atoms with van der Waals surface area (Å²) in [5.41, 5.74) is 1.07. The summed E-state index contributed by atoms with van der Waals surface area (Å²) in [4.78, 5) is 10.1. The van der Waals surface area contributed by atoms with E-state index in [1.807, 2.05) is 24.3 Å². The predicted octanol–water partition coefficient (Wildman–Crippen LogP) is 1.80. The van der Waals surface area contributed by atoms with Crippen LogP contribution in [0.3, 0.4) is 0 Å². The van der Waals surface area contributed by atoms with Gasteiger partial charge in [0.05, 0.1) is 13.2 Å². The summed E-state index contributed by atoms with van der Waals surface area (Å²) in [5, 5.41) is 0. The van der Waals surface area contributed by atoms with Gasteiger partial charge in [-0.2, -0.15) is 0 Å². The smallest absolute Gasteiger partial charge is 0.123 e. The molecular formula is C11H14O3. The molecule has 0 N–H and O–H groups in total. The standard InChI is InChI=1S/C11H14O3/c1-13-9-10-4-2-5-11(8-10)14-7-3-6-12/h2,4-6,8H,3,7,9H2,1H3. The molecule has 1 aromatic carbocycles. The molecule has 0 aliphatic rings. The maximum absolute atomic E-state index is 10.1. The maximum atomic E-state index is 10.1. The van der Waals surface area contributed by atoms with Crippen LogP contribution in [0.2, 0.25) is 0 Å². The fourth-order valence-corrected chi connectivity index (χ4v) is 1.12. The van der Waals surface area contributed by atoms with Gasteiger partial charge in [-0.25, -0.2) is 0 Å². The Morgan fingerprint density at radius 3 is 3.00 bits per heavy atom. The van der Waals surface area contributed by atoms with Crippen LogP contribution >= 0.6 is 0 Å². The Morgan fingerprint density at radius 2 is 2.29 bits per heavy atom. The number of ether oxygens (including phenoxy) is 2. The second-order valence-corrected chi connectivity index (χ2v) is 2.88. The van der Waals surface area contributed by atoms with Crippen molar-refractivity contribution in [3.05, 3.63) is 29.8 Å². The van der Waals surface area contributed by atoms with Crippen LogP contribution in [0.1, 0.15) is 12.0 Å². The second-order valence-electron chi connectivity index (χ2n) is 2.88. The lowest BCUT2D eigenvalue weighted by Crippen LogP contribution is -1.98. The number of hydrogen-bond acceptors (Lipinski definition) is 3. The third-order valence-corrected chi connectivity index (χ3v) is 1.71. The van der Waals surface area contributed by atoms with Gasteiger partial charge in [0.25, 0.3) is 0 Å². The van der Waals surface area contributed by atoms with E-state index in [0.717, 1.165) is 17.6 Å². The van der Waals surface area contributed by atoms with Crippen LogP contribution in [0.25, 0.3) is 0 Å². The molecule has 76 valence electrons. The lowest BCUT2D eigenvalue weighted by Gasteiger charge is -2.05. The average molecular weight is 194 g/mol. The normalized spacial score (nSPS) is 9.79. The molecule has 1 aromatic rings. The fourth-order valence-electron chi connectivity index (χ4n) is 1.12. The zero-order chi connectivity index (χ0) is 10.2. The van der Waals surface area contributed by atoms with Gasteiger partial charge in [-0.15, -0.1) is 0 Å². The van der Waals surface area contributed by atoms with Crippen molar-refractivity contribution in [3.8, 4) is 5.75 Å². The average Bonchev–Trinajstić information content (AvgIpc) is 2.19. The van der Waals surface area contributed by atoms with E-state index in [2.05, 4.69) is 0 Å². The molecular weight excluding hydrogens is 180 g/mol. The molecule has 3 nitrogen and oxygen atoms in total. The van der Waals surface area contributed by atoms with E-state index in [-0.39, 0.29) is 0 Å². The highest BCUT2D eigenvalue weighted by Gasteiger charge is 1.96. The van der Waals surface area contributed by atoms with E-state index < -0.39 is 0 Å². The van der Waals surface area contributed by atoms with Gasteiger partial charge in [0.15, 0.2) is 0 Å². The molecule has 0 atom stereocenters. The molecule has 0 aliphatic carbocycles. The van der Waals surface area contributed by atoms with Gasteiger partial charge < -0.3 is 14.3 Å². The Hall–Kier alpha value is -1.35. The monoisotopic (exact) mass is 194 g/mol. The first-order chi connectivity index (χ1) is 6.86. The summed E-state index contributed by atoms with van der Waals surface area (Å²) in [7, 11) is 1.65. The van der Waals surface area contributed by atoms with Crippen molar-refractivity contribution in [2.45, 2.75) is 13.0 Å². The van der Waals surface area contributed by atoms with Crippen molar-refractivity contribution in [1.82, 2.24) is 0 Å². The molecule has 0 saturated heterocycles. The van der Waals surface area contributed by atoms with Crippen molar-refractivity contribution in [3.63, 3.8) is 0 Å². The lowest BCUT2D eigenvalue weighted by atomic mass is 10.2. The van der Waals surface area contributed by atoms with E-state index in [1.165, 1.54) is 0 Å². The molecule has 0 aromatic heterocycles. The van der Waals surface area contributed by atoms with E-state index >= 15 is 0 Å². The summed E-state index contributed by atoms with van der Waals surface area (Å²) >= 11 is 0. The molecule has 0 radical (unpaired) electrons. The third-order valence-electron chi connectivity index (χ3n) is 1.71. The summed E-state index contributed by atoms with van der Waals surface area (Å²) < 4.78 is 10.3. The van der Waals surface area contributed by atoms with Crippen molar-refractivity contribution in [2.75, 3.05) is 13.7 Å². The minimum Gasteiger partial charge on any atom is -0.493 e. The van der Waals surface area contributed by atoms with Gasteiger partial charge in [0, 0.05) is 13.5 Å². The van der Waals surface area contributed by atoms with Crippen molar-refractivity contribution >= 4 is 6.29 Å².